The highest BCUT2D eigenvalue weighted by atomic mass is 127. The Morgan fingerprint density at radius 3 is 2.90 bits per heavy atom. The third kappa shape index (κ3) is 0.792. The zero-order valence-electron chi connectivity index (χ0n) is 5.03. The second-order valence-electron chi connectivity index (χ2n) is 1.94. The van der Waals surface area contributed by atoms with Gasteiger partial charge in [-0.25, -0.2) is 0 Å². The van der Waals surface area contributed by atoms with Gasteiger partial charge in [0.25, 0.3) is 0 Å². The summed E-state index contributed by atoms with van der Waals surface area (Å²) >= 11 is 2.10. The maximum atomic E-state index is 3.92. The minimum absolute atomic E-state index is 0.942. The summed E-state index contributed by atoms with van der Waals surface area (Å²) in [7, 11) is 0. The summed E-state index contributed by atoms with van der Waals surface area (Å²) in [6.45, 7) is 0. The van der Waals surface area contributed by atoms with Gasteiger partial charge in [-0.3, -0.25) is 0 Å². The number of rotatable bonds is 0. The van der Waals surface area contributed by atoms with Gasteiger partial charge in [0, 0.05) is 0 Å². The molecule has 0 bridgehead atoms. The minimum atomic E-state index is 0.942. The Bertz CT molecular complexity index is 355. The molecular weight excluding hydrogens is 241 g/mol. The van der Waals surface area contributed by atoms with Crippen molar-refractivity contribution >= 4 is 33.9 Å². The average molecular weight is 245 g/mol. The molecular formula is C6H4IN3. The van der Waals surface area contributed by atoms with Crippen molar-refractivity contribution in [1.82, 2.24) is 13.2 Å². The van der Waals surface area contributed by atoms with E-state index in [0.717, 1.165) is 11.0 Å². The molecule has 2 rings (SSSR count). The molecule has 3 nitrogen and oxygen atoms in total. The monoisotopic (exact) mass is 245 g/mol. The summed E-state index contributed by atoms with van der Waals surface area (Å²) in [5, 5.41) is 7.77. The third-order valence-corrected chi connectivity index (χ3v) is 2.02. The molecule has 0 aliphatic heterocycles. The molecule has 0 radical (unpaired) electrons. The normalized spacial score (nSPS) is 10.5. The number of halogens is 1. The van der Waals surface area contributed by atoms with Crippen LogP contribution in [0.25, 0.3) is 11.0 Å². The van der Waals surface area contributed by atoms with Gasteiger partial charge in [0.15, 0.2) is 0 Å². The minimum Gasteiger partial charge on any atom is -0.184 e. The summed E-state index contributed by atoms with van der Waals surface area (Å²) in [5.41, 5.74) is 2.00. The van der Waals surface area contributed by atoms with Crippen molar-refractivity contribution in [3.05, 3.63) is 24.3 Å². The predicted molar refractivity (Wildman–Crippen MR) is 46.9 cm³/mol. The number of aromatic nitrogens is 3. The van der Waals surface area contributed by atoms with Crippen molar-refractivity contribution in [3.8, 4) is 0 Å². The number of benzene rings is 1. The quantitative estimate of drug-likeness (QED) is 0.660. The van der Waals surface area contributed by atoms with Crippen molar-refractivity contribution < 1.29 is 0 Å². The van der Waals surface area contributed by atoms with Crippen molar-refractivity contribution in [2.75, 3.05) is 0 Å². The molecule has 1 aromatic heterocycles. The van der Waals surface area contributed by atoms with E-state index in [1.807, 2.05) is 24.3 Å². The second-order valence-corrected chi connectivity index (χ2v) is 2.85. The van der Waals surface area contributed by atoms with E-state index in [-0.39, 0.29) is 0 Å². The Morgan fingerprint density at radius 2 is 2.10 bits per heavy atom. The Hall–Kier alpha value is -0.650. The van der Waals surface area contributed by atoms with Crippen LogP contribution in [0.4, 0.5) is 0 Å². The van der Waals surface area contributed by atoms with E-state index in [2.05, 4.69) is 33.2 Å². The summed E-state index contributed by atoms with van der Waals surface area (Å²) < 4.78 is 1.73. The van der Waals surface area contributed by atoms with Gasteiger partial charge < -0.3 is 0 Å². The van der Waals surface area contributed by atoms with E-state index in [9.17, 15) is 0 Å². The van der Waals surface area contributed by atoms with Crippen LogP contribution in [-0.4, -0.2) is 13.2 Å². The van der Waals surface area contributed by atoms with Crippen molar-refractivity contribution in [2.24, 2.45) is 0 Å². The van der Waals surface area contributed by atoms with E-state index in [1.54, 1.807) is 2.90 Å². The first-order valence-corrected chi connectivity index (χ1v) is 3.81. The van der Waals surface area contributed by atoms with Crippen LogP contribution in [0.5, 0.6) is 0 Å². The largest absolute Gasteiger partial charge is 0.184 e. The first-order chi connectivity index (χ1) is 4.88. The molecule has 1 aromatic carbocycles. The highest BCUT2D eigenvalue weighted by Crippen LogP contribution is 2.10. The topological polar surface area (TPSA) is 30.7 Å². The Labute approximate surface area is 71.5 Å². The Balaban J connectivity index is 2.93. The molecule has 2 aromatic rings. The summed E-state index contributed by atoms with van der Waals surface area (Å²) in [5.74, 6) is 0. The Morgan fingerprint density at radius 1 is 1.30 bits per heavy atom. The lowest BCUT2D eigenvalue weighted by Crippen LogP contribution is -1.78. The molecule has 0 spiro atoms. The van der Waals surface area contributed by atoms with Crippen molar-refractivity contribution in [3.63, 3.8) is 0 Å². The smallest absolute Gasteiger partial charge is 0.114 e. The van der Waals surface area contributed by atoms with Gasteiger partial charge in [0.05, 0.1) is 22.9 Å². The van der Waals surface area contributed by atoms with Gasteiger partial charge in [-0.1, -0.05) is 17.3 Å². The van der Waals surface area contributed by atoms with Crippen molar-refractivity contribution in [2.45, 2.75) is 0 Å². The SMILES string of the molecule is In1nnc2ccccc21. The van der Waals surface area contributed by atoms with Crippen molar-refractivity contribution in [1.29, 1.82) is 0 Å². The maximum absolute atomic E-state index is 3.92. The number of nitrogens with zero attached hydrogens (tertiary/aromatic N) is 3. The number of para-hydroxylation sites is 1. The van der Waals surface area contributed by atoms with Crippen LogP contribution < -0.4 is 0 Å². The lowest BCUT2D eigenvalue weighted by atomic mass is 10.3. The third-order valence-electron chi connectivity index (χ3n) is 1.31. The van der Waals surface area contributed by atoms with Crippen LogP contribution in [0.15, 0.2) is 24.3 Å². The fourth-order valence-electron chi connectivity index (χ4n) is 0.840. The highest BCUT2D eigenvalue weighted by molar-refractivity contribution is 14.1. The van der Waals surface area contributed by atoms with Gasteiger partial charge in [-0.05, 0) is 12.1 Å². The fraction of sp³-hybridized carbons (Fsp3) is 0. The van der Waals surface area contributed by atoms with Crippen LogP contribution in [0.1, 0.15) is 0 Å². The Kier molecular flexibility index (Phi) is 1.33. The maximum Gasteiger partial charge on any atom is 0.114 e. The van der Waals surface area contributed by atoms with E-state index in [1.165, 1.54) is 0 Å². The van der Waals surface area contributed by atoms with Crippen LogP contribution in [0, 0.1) is 0 Å². The molecule has 1 heterocycles. The standard InChI is InChI=1S/C6H4IN3/c7-10-6-4-2-1-3-5(6)8-9-10/h1-4H. The van der Waals surface area contributed by atoms with Crippen LogP contribution in [0.3, 0.4) is 0 Å². The summed E-state index contributed by atoms with van der Waals surface area (Å²) in [4.78, 5) is 0. The molecule has 0 unspecified atom stereocenters. The first kappa shape index (κ1) is 6.09. The van der Waals surface area contributed by atoms with E-state index < -0.39 is 0 Å². The van der Waals surface area contributed by atoms with Gasteiger partial charge in [0.1, 0.15) is 11.0 Å². The average Bonchev–Trinajstić information content (AvgIpc) is 2.34. The molecule has 0 saturated carbocycles. The molecule has 0 saturated heterocycles. The molecule has 0 atom stereocenters. The second kappa shape index (κ2) is 2.19. The van der Waals surface area contributed by atoms with E-state index >= 15 is 0 Å². The zero-order valence-corrected chi connectivity index (χ0v) is 7.19. The van der Waals surface area contributed by atoms with Crippen LogP contribution in [-0.2, 0) is 0 Å². The van der Waals surface area contributed by atoms with Crippen LogP contribution >= 0.6 is 22.9 Å². The predicted octanol–water partition coefficient (Wildman–Crippen LogP) is 1.63. The molecule has 0 amide bonds. The molecule has 0 aliphatic rings. The molecule has 0 fully saturated rings. The lowest BCUT2D eigenvalue weighted by Gasteiger charge is -1.85. The van der Waals surface area contributed by atoms with E-state index in [0.29, 0.717) is 0 Å². The highest BCUT2D eigenvalue weighted by Gasteiger charge is 1.97. The van der Waals surface area contributed by atoms with Gasteiger partial charge in [-0.15, -0.1) is 5.10 Å². The molecule has 0 aliphatic carbocycles. The fourth-order valence-corrected chi connectivity index (χ4v) is 1.34. The zero-order chi connectivity index (χ0) is 6.97. The number of fused-ring (bicyclic) bond motifs is 1. The van der Waals surface area contributed by atoms with Gasteiger partial charge in [-0.2, -0.15) is 2.90 Å². The van der Waals surface area contributed by atoms with Gasteiger partial charge >= 0.3 is 0 Å². The molecule has 0 N–H and O–H groups in total. The number of hydrogen-bond acceptors (Lipinski definition) is 2. The number of hydrogen-bond donors (Lipinski definition) is 0. The van der Waals surface area contributed by atoms with Gasteiger partial charge in [0.2, 0.25) is 0 Å². The van der Waals surface area contributed by atoms with E-state index in [4.69, 9.17) is 0 Å². The first-order valence-electron chi connectivity index (χ1n) is 2.84. The molecule has 50 valence electrons. The molecule has 4 heteroatoms. The summed E-state index contributed by atoms with van der Waals surface area (Å²) in [6.07, 6.45) is 0. The molecule has 10 heavy (non-hydrogen) atoms. The lowest BCUT2D eigenvalue weighted by molar-refractivity contribution is 0.938. The summed E-state index contributed by atoms with van der Waals surface area (Å²) in [6, 6.07) is 7.85. The van der Waals surface area contributed by atoms with Crippen LogP contribution in [0.2, 0.25) is 0 Å².